The summed E-state index contributed by atoms with van der Waals surface area (Å²) in [6, 6.07) is 5.23. The first-order chi connectivity index (χ1) is 11.1. The number of amides is 1. The zero-order chi connectivity index (χ0) is 16.2. The second kappa shape index (κ2) is 7.19. The Morgan fingerprint density at radius 2 is 2.09 bits per heavy atom. The van der Waals surface area contributed by atoms with Gasteiger partial charge >= 0.3 is 0 Å². The standard InChI is InChI=1S/C15H16Cl2N4O2/c16-11-1-2-14(13(17)7-11)23-8-15(22)20-5-3-12(4-6-20)21-10-18-9-19-21/h1-2,7,9-10,12H,3-6,8H2. The van der Waals surface area contributed by atoms with Gasteiger partial charge in [-0.05, 0) is 31.0 Å². The summed E-state index contributed by atoms with van der Waals surface area (Å²) in [5.41, 5.74) is 0. The zero-order valence-electron chi connectivity index (χ0n) is 12.4. The summed E-state index contributed by atoms with van der Waals surface area (Å²) in [5.74, 6) is 0.412. The van der Waals surface area contributed by atoms with Gasteiger partial charge in [0.2, 0.25) is 0 Å². The van der Waals surface area contributed by atoms with Gasteiger partial charge in [0.15, 0.2) is 6.61 Å². The highest BCUT2D eigenvalue weighted by Crippen LogP contribution is 2.27. The highest BCUT2D eigenvalue weighted by atomic mass is 35.5. The number of rotatable bonds is 4. The fourth-order valence-electron chi connectivity index (χ4n) is 2.61. The van der Waals surface area contributed by atoms with Crippen molar-refractivity contribution in [3.8, 4) is 5.75 Å². The average molecular weight is 355 g/mol. The van der Waals surface area contributed by atoms with E-state index in [9.17, 15) is 4.79 Å². The van der Waals surface area contributed by atoms with Crippen LogP contribution >= 0.6 is 23.2 Å². The highest BCUT2D eigenvalue weighted by molar-refractivity contribution is 6.35. The molecule has 2 heterocycles. The topological polar surface area (TPSA) is 60.2 Å². The Hall–Kier alpha value is -1.79. The molecule has 0 atom stereocenters. The average Bonchev–Trinajstić information content (AvgIpc) is 3.08. The lowest BCUT2D eigenvalue weighted by atomic mass is 10.1. The molecule has 0 saturated carbocycles. The summed E-state index contributed by atoms with van der Waals surface area (Å²) in [6.45, 7) is 1.33. The molecular formula is C15H16Cl2N4O2. The van der Waals surface area contributed by atoms with Crippen LogP contribution in [0.25, 0.3) is 0 Å². The number of hydrogen-bond donors (Lipinski definition) is 0. The van der Waals surface area contributed by atoms with Crippen LogP contribution in [-0.4, -0.2) is 45.3 Å². The lowest BCUT2D eigenvalue weighted by Crippen LogP contribution is -2.41. The van der Waals surface area contributed by atoms with Crippen LogP contribution in [0.2, 0.25) is 10.0 Å². The van der Waals surface area contributed by atoms with Gasteiger partial charge in [-0.25, -0.2) is 9.67 Å². The van der Waals surface area contributed by atoms with Gasteiger partial charge in [0.1, 0.15) is 18.4 Å². The van der Waals surface area contributed by atoms with Crippen molar-refractivity contribution in [2.45, 2.75) is 18.9 Å². The second-order valence-electron chi connectivity index (χ2n) is 5.35. The van der Waals surface area contributed by atoms with Crippen molar-refractivity contribution in [3.63, 3.8) is 0 Å². The lowest BCUT2D eigenvalue weighted by Gasteiger charge is -2.31. The van der Waals surface area contributed by atoms with E-state index in [4.69, 9.17) is 27.9 Å². The third-order valence-corrected chi connectivity index (χ3v) is 4.40. The Bertz CT molecular complexity index is 670. The van der Waals surface area contributed by atoms with E-state index < -0.39 is 0 Å². The van der Waals surface area contributed by atoms with E-state index in [2.05, 4.69) is 10.1 Å². The zero-order valence-corrected chi connectivity index (χ0v) is 13.9. The molecule has 23 heavy (non-hydrogen) atoms. The van der Waals surface area contributed by atoms with Gasteiger partial charge in [0, 0.05) is 18.1 Å². The molecule has 0 bridgehead atoms. The summed E-state index contributed by atoms with van der Waals surface area (Å²) in [7, 11) is 0. The predicted molar refractivity (Wildman–Crippen MR) is 86.8 cm³/mol. The number of nitrogens with zero attached hydrogens (tertiary/aromatic N) is 4. The molecule has 0 spiro atoms. The fraction of sp³-hybridized carbons (Fsp3) is 0.400. The van der Waals surface area contributed by atoms with Crippen LogP contribution in [0, 0.1) is 0 Å². The van der Waals surface area contributed by atoms with Crippen molar-refractivity contribution >= 4 is 29.1 Å². The lowest BCUT2D eigenvalue weighted by molar-refractivity contribution is -0.134. The largest absolute Gasteiger partial charge is 0.482 e. The molecule has 0 aliphatic carbocycles. The number of hydrogen-bond acceptors (Lipinski definition) is 4. The van der Waals surface area contributed by atoms with Gasteiger partial charge in [-0.15, -0.1) is 0 Å². The van der Waals surface area contributed by atoms with E-state index in [0.29, 0.717) is 34.9 Å². The maximum absolute atomic E-state index is 12.2. The Balaban J connectivity index is 1.50. The summed E-state index contributed by atoms with van der Waals surface area (Å²) in [4.78, 5) is 18.0. The molecule has 1 fully saturated rings. The van der Waals surface area contributed by atoms with Gasteiger partial charge in [-0.3, -0.25) is 4.79 Å². The Morgan fingerprint density at radius 1 is 1.30 bits per heavy atom. The van der Waals surface area contributed by atoms with Crippen molar-refractivity contribution in [2.24, 2.45) is 0 Å². The summed E-state index contributed by atoms with van der Waals surface area (Å²) < 4.78 is 7.35. The molecule has 1 aliphatic heterocycles. The van der Waals surface area contributed by atoms with Crippen molar-refractivity contribution in [2.75, 3.05) is 19.7 Å². The maximum atomic E-state index is 12.2. The molecule has 1 aromatic carbocycles. The summed E-state index contributed by atoms with van der Waals surface area (Å²) >= 11 is 11.9. The third kappa shape index (κ3) is 3.95. The molecule has 2 aromatic rings. The Labute approximate surface area is 144 Å². The molecule has 1 saturated heterocycles. The molecule has 0 radical (unpaired) electrons. The summed E-state index contributed by atoms with van der Waals surface area (Å²) in [6.07, 6.45) is 4.96. The van der Waals surface area contributed by atoms with Gasteiger partial charge in [-0.2, -0.15) is 5.10 Å². The van der Waals surface area contributed by atoms with Crippen LogP contribution in [0.15, 0.2) is 30.9 Å². The first-order valence-corrected chi connectivity index (χ1v) is 8.09. The van der Waals surface area contributed by atoms with Crippen molar-refractivity contribution in [3.05, 3.63) is 40.9 Å². The number of carbonyl (C=O) groups is 1. The number of aromatic nitrogens is 3. The minimum absolute atomic E-state index is 0.0324. The normalized spacial score (nSPS) is 15.7. The van der Waals surface area contributed by atoms with Crippen LogP contribution in [0.5, 0.6) is 5.75 Å². The first-order valence-electron chi connectivity index (χ1n) is 7.33. The molecule has 3 rings (SSSR count). The Morgan fingerprint density at radius 3 is 2.74 bits per heavy atom. The molecule has 0 N–H and O–H groups in total. The third-order valence-electron chi connectivity index (χ3n) is 3.87. The number of carbonyl (C=O) groups excluding carboxylic acids is 1. The quantitative estimate of drug-likeness (QED) is 0.846. The van der Waals surface area contributed by atoms with Gasteiger partial charge in [0.05, 0.1) is 11.1 Å². The molecule has 6 nitrogen and oxygen atoms in total. The number of likely N-dealkylation sites (tertiary alicyclic amines) is 1. The van der Waals surface area contributed by atoms with Crippen LogP contribution in [0.1, 0.15) is 18.9 Å². The maximum Gasteiger partial charge on any atom is 0.260 e. The summed E-state index contributed by atoms with van der Waals surface area (Å²) in [5, 5.41) is 5.08. The van der Waals surface area contributed by atoms with Gasteiger partial charge in [0.25, 0.3) is 5.91 Å². The molecule has 0 unspecified atom stereocenters. The first kappa shape index (κ1) is 16.1. The Kier molecular flexibility index (Phi) is 5.03. The van der Waals surface area contributed by atoms with E-state index >= 15 is 0 Å². The molecule has 122 valence electrons. The molecule has 1 amide bonds. The van der Waals surface area contributed by atoms with E-state index in [1.165, 1.54) is 6.33 Å². The molecule has 1 aliphatic rings. The monoisotopic (exact) mass is 354 g/mol. The minimum atomic E-state index is -0.0481. The van der Waals surface area contributed by atoms with Crippen LogP contribution in [-0.2, 0) is 4.79 Å². The van der Waals surface area contributed by atoms with E-state index in [-0.39, 0.29) is 12.5 Å². The van der Waals surface area contributed by atoms with E-state index in [1.807, 2.05) is 4.68 Å². The number of halogens is 2. The molecule has 1 aromatic heterocycles. The molecule has 8 heteroatoms. The van der Waals surface area contributed by atoms with Gasteiger partial charge < -0.3 is 9.64 Å². The number of ether oxygens (including phenoxy) is 1. The van der Waals surface area contributed by atoms with Crippen molar-refractivity contribution < 1.29 is 9.53 Å². The minimum Gasteiger partial charge on any atom is -0.482 e. The van der Waals surface area contributed by atoms with Crippen LogP contribution < -0.4 is 4.74 Å². The highest BCUT2D eigenvalue weighted by Gasteiger charge is 2.24. The number of piperidine rings is 1. The van der Waals surface area contributed by atoms with Crippen molar-refractivity contribution in [1.82, 2.24) is 19.7 Å². The van der Waals surface area contributed by atoms with Crippen LogP contribution in [0.4, 0.5) is 0 Å². The van der Waals surface area contributed by atoms with E-state index in [0.717, 1.165) is 12.8 Å². The van der Waals surface area contributed by atoms with Gasteiger partial charge in [-0.1, -0.05) is 23.2 Å². The van der Waals surface area contributed by atoms with E-state index in [1.54, 1.807) is 29.4 Å². The smallest absolute Gasteiger partial charge is 0.260 e. The number of benzene rings is 1. The van der Waals surface area contributed by atoms with Crippen molar-refractivity contribution in [1.29, 1.82) is 0 Å². The second-order valence-corrected chi connectivity index (χ2v) is 6.19. The SMILES string of the molecule is O=C(COc1ccc(Cl)cc1Cl)N1CCC(n2cncn2)CC1. The molecular weight excluding hydrogens is 339 g/mol. The van der Waals surface area contributed by atoms with Crippen LogP contribution in [0.3, 0.4) is 0 Å². The predicted octanol–water partition coefficient (Wildman–Crippen LogP) is 2.83. The fourth-order valence-corrected chi connectivity index (χ4v) is 3.07.